The van der Waals surface area contributed by atoms with Gasteiger partial charge in [-0.15, -0.1) is 11.8 Å². The van der Waals surface area contributed by atoms with Crippen LogP contribution in [0.4, 0.5) is 0 Å². The molecule has 2 saturated heterocycles. The standard InChI is InChI=1S/C16H16N4O5S/c1-16(2)11(15(24)25)20-13(23)10(14(20)26-16)18-9(21)7-19-5-3-4-8(6-17)12(19)22/h3-5,10-11,14H,7H2,1-2H3,(H,18,21)(H,24,25)/t10?,11-,14+/m0/s1. The SMILES string of the molecule is CC1(C)S[C@@H]2C(NC(=O)Cn3cccc(C#N)c3=O)C(=O)N2[C@H]1C(=O)O. The summed E-state index contributed by atoms with van der Waals surface area (Å²) in [5.41, 5.74) is -0.669. The predicted molar refractivity (Wildman–Crippen MR) is 91.1 cm³/mol. The van der Waals surface area contributed by atoms with Crippen LogP contribution in [0.25, 0.3) is 0 Å². The van der Waals surface area contributed by atoms with Crippen molar-refractivity contribution < 1.29 is 19.5 Å². The van der Waals surface area contributed by atoms with Gasteiger partial charge in [0.25, 0.3) is 5.56 Å². The molecule has 0 saturated carbocycles. The van der Waals surface area contributed by atoms with E-state index in [2.05, 4.69) is 5.32 Å². The zero-order chi connectivity index (χ0) is 19.2. The van der Waals surface area contributed by atoms with E-state index in [1.54, 1.807) is 19.9 Å². The third-order valence-electron chi connectivity index (χ3n) is 4.45. The third kappa shape index (κ3) is 2.74. The van der Waals surface area contributed by atoms with Gasteiger partial charge in [0.05, 0.1) is 0 Å². The average Bonchev–Trinajstić information content (AvgIpc) is 2.83. The molecule has 2 N–H and O–H groups in total. The fraction of sp³-hybridized carbons (Fsp3) is 0.438. The van der Waals surface area contributed by atoms with Crippen molar-refractivity contribution in [1.29, 1.82) is 5.26 Å². The van der Waals surface area contributed by atoms with Gasteiger partial charge in [-0.1, -0.05) is 0 Å². The van der Waals surface area contributed by atoms with E-state index in [0.717, 1.165) is 4.57 Å². The number of nitriles is 1. The van der Waals surface area contributed by atoms with Crippen molar-refractivity contribution in [3.63, 3.8) is 0 Å². The first-order valence-electron chi connectivity index (χ1n) is 7.79. The van der Waals surface area contributed by atoms with Crippen molar-refractivity contribution in [2.45, 2.75) is 42.6 Å². The molecule has 136 valence electrons. The van der Waals surface area contributed by atoms with E-state index in [9.17, 15) is 24.3 Å². The first kappa shape index (κ1) is 18.0. The van der Waals surface area contributed by atoms with Crippen LogP contribution in [0.2, 0.25) is 0 Å². The fourth-order valence-corrected chi connectivity index (χ4v) is 4.89. The van der Waals surface area contributed by atoms with Crippen LogP contribution in [0.15, 0.2) is 23.1 Å². The van der Waals surface area contributed by atoms with Gasteiger partial charge >= 0.3 is 5.97 Å². The van der Waals surface area contributed by atoms with E-state index < -0.39 is 45.5 Å². The number of hydrogen-bond acceptors (Lipinski definition) is 6. The summed E-state index contributed by atoms with van der Waals surface area (Å²) >= 11 is 1.32. The summed E-state index contributed by atoms with van der Waals surface area (Å²) in [6, 6.07) is 2.81. The number of nitrogens with one attached hydrogen (secondary N) is 1. The molecule has 3 atom stereocenters. The van der Waals surface area contributed by atoms with Crippen molar-refractivity contribution in [2.24, 2.45) is 0 Å². The number of hydrogen-bond donors (Lipinski definition) is 2. The molecule has 0 radical (unpaired) electrons. The van der Waals surface area contributed by atoms with E-state index in [4.69, 9.17) is 5.26 Å². The van der Waals surface area contributed by atoms with Crippen molar-refractivity contribution in [3.05, 3.63) is 34.2 Å². The van der Waals surface area contributed by atoms with Gasteiger partial charge in [-0.05, 0) is 26.0 Å². The summed E-state index contributed by atoms with van der Waals surface area (Å²) in [6.45, 7) is 3.16. The Morgan fingerprint density at radius 3 is 2.73 bits per heavy atom. The van der Waals surface area contributed by atoms with Gasteiger partial charge in [0, 0.05) is 10.9 Å². The highest BCUT2D eigenvalue weighted by atomic mass is 32.2. The lowest BCUT2D eigenvalue weighted by molar-refractivity contribution is -0.161. The van der Waals surface area contributed by atoms with Gasteiger partial charge in [-0.2, -0.15) is 5.26 Å². The highest BCUT2D eigenvalue weighted by molar-refractivity contribution is 8.01. The second-order valence-electron chi connectivity index (χ2n) is 6.61. The highest BCUT2D eigenvalue weighted by Gasteiger charge is 2.64. The molecule has 2 fully saturated rings. The molecule has 2 aliphatic heterocycles. The monoisotopic (exact) mass is 376 g/mol. The summed E-state index contributed by atoms with van der Waals surface area (Å²) in [6.07, 6.45) is 1.38. The molecular formula is C16H16N4O5S. The van der Waals surface area contributed by atoms with Crippen LogP contribution in [0.3, 0.4) is 0 Å². The lowest BCUT2D eigenvalue weighted by Crippen LogP contribution is -2.70. The van der Waals surface area contributed by atoms with E-state index in [1.165, 1.54) is 35.0 Å². The number of pyridine rings is 1. The Morgan fingerprint density at radius 1 is 1.42 bits per heavy atom. The van der Waals surface area contributed by atoms with E-state index >= 15 is 0 Å². The fourth-order valence-electron chi connectivity index (χ4n) is 3.27. The van der Waals surface area contributed by atoms with Crippen LogP contribution in [0.1, 0.15) is 19.4 Å². The van der Waals surface area contributed by atoms with Crippen molar-refractivity contribution in [3.8, 4) is 6.07 Å². The maximum Gasteiger partial charge on any atom is 0.327 e. The summed E-state index contributed by atoms with van der Waals surface area (Å²) < 4.78 is 0.407. The largest absolute Gasteiger partial charge is 0.480 e. The van der Waals surface area contributed by atoms with E-state index in [-0.39, 0.29) is 12.1 Å². The van der Waals surface area contributed by atoms with E-state index in [1.807, 2.05) is 0 Å². The van der Waals surface area contributed by atoms with Crippen molar-refractivity contribution in [2.75, 3.05) is 0 Å². The Morgan fingerprint density at radius 2 is 2.12 bits per heavy atom. The van der Waals surface area contributed by atoms with Crippen LogP contribution in [-0.2, 0) is 20.9 Å². The zero-order valence-corrected chi connectivity index (χ0v) is 14.8. The number of aliphatic carboxylic acids is 1. The molecule has 9 nitrogen and oxygen atoms in total. The first-order valence-corrected chi connectivity index (χ1v) is 8.67. The quantitative estimate of drug-likeness (QED) is 0.667. The molecule has 0 spiro atoms. The van der Waals surface area contributed by atoms with Crippen LogP contribution >= 0.6 is 11.8 Å². The molecule has 1 aromatic rings. The molecule has 2 amide bonds. The normalized spacial score (nSPS) is 25.8. The predicted octanol–water partition coefficient (Wildman–Crippen LogP) is -0.648. The van der Waals surface area contributed by atoms with Gasteiger partial charge in [-0.3, -0.25) is 14.4 Å². The van der Waals surface area contributed by atoms with Crippen molar-refractivity contribution in [1.82, 2.24) is 14.8 Å². The highest BCUT2D eigenvalue weighted by Crippen LogP contribution is 2.50. The summed E-state index contributed by atoms with van der Waals surface area (Å²) in [5, 5.41) is 20.3. The van der Waals surface area contributed by atoms with Crippen LogP contribution in [-0.4, -0.2) is 54.6 Å². The number of carbonyl (C=O) groups excluding carboxylic acids is 2. The maximum absolute atomic E-state index is 12.3. The molecule has 1 unspecified atom stereocenters. The van der Waals surface area contributed by atoms with Gasteiger partial charge in [0.15, 0.2) is 0 Å². The zero-order valence-electron chi connectivity index (χ0n) is 14.0. The number of fused-ring (bicyclic) bond motifs is 1. The number of carbonyl (C=O) groups is 3. The number of amides is 2. The Kier molecular flexibility index (Phi) is 4.28. The number of carboxylic acid groups (broad SMARTS) is 1. The molecule has 10 heteroatoms. The topological polar surface area (TPSA) is 132 Å². The number of aromatic nitrogens is 1. The number of carboxylic acids is 1. The van der Waals surface area contributed by atoms with Gasteiger partial charge in [0.1, 0.15) is 35.6 Å². The minimum absolute atomic E-state index is 0.0800. The maximum atomic E-state index is 12.3. The van der Waals surface area contributed by atoms with Gasteiger partial charge in [-0.25, -0.2) is 4.79 Å². The molecule has 2 aliphatic rings. The Bertz CT molecular complexity index is 903. The number of rotatable bonds is 4. The minimum Gasteiger partial charge on any atom is -0.480 e. The first-order chi connectivity index (χ1) is 12.2. The van der Waals surface area contributed by atoms with Crippen LogP contribution in [0.5, 0.6) is 0 Å². The Balaban J connectivity index is 1.71. The molecule has 1 aromatic heterocycles. The smallest absolute Gasteiger partial charge is 0.327 e. The summed E-state index contributed by atoms with van der Waals surface area (Å²) in [7, 11) is 0. The van der Waals surface area contributed by atoms with Crippen LogP contribution in [0, 0.1) is 11.3 Å². The average molecular weight is 376 g/mol. The molecule has 3 heterocycles. The molecule has 0 bridgehead atoms. The lowest BCUT2D eigenvalue weighted by atomic mass is 9.96. The molecular weight excluding hydrogens is 360 g/mol. The van der Waals surface area contributed by atoms with Gasteiger partial charge < -0.3 is 19.9 Å². The number of nitrogens with zero attached hydrogens (tertiary/aromatic N) is 3. The minimum atomic E-state index is -1.08. The number of β-lactam (4-membered cyclic amide) rings is 1. The van der Waals surface area contributed by atoms with E-state index in [0.29, 0.717) is 0 Å². The Labute approximate surface area is 152 Å². The molecule has 0 aromatic carbocycles. The second kappa shape index (κ2) is 6.17. The third-order valence-corrected chi connectivity index (χ3v) is 6.02. The molecule has 26 heavy (non-hydrogen) atoms. The van der Waals surface area contributed by atoms with Crippen molar-refractivity contribution >= 4 is 29.5 Å². The number of thioether (sulfide) groups is 1. The van der Waals surface area contributed by atoms with Crippen LogP contribution < -0.4 is 10.9 Å². The summed E-state index contributed by atoms with van der Waals surface area (Å²) in [4.78, 5) is 49.3. The molecule has 3 rings (SSSR count). The van der Waals surface area contributed by atoms with Gasteiger partial charge in [0.2, 0.25) is 11.8 Å². The Hall–Kier alpha value is -2.80. The molecule has 0 aliphatic carbocycles. The second-order valence-corrected chi connectivity index (χ2v) is 8.38. The summed E-state index contributed by atoms with van der Waals surface area (Å²) in [5.74, 6) is -2.09. The lowest BCUT2D eigenvalue weighted by Gasteiger charge is -2.43.